The largest absolute Gasteiger partial charge is 0.508 e. The van der Waals surface area contributed by atoms with Crippen LogP contribution >= 0.6 is 0 Å². The molecule has 8 N–H and O–H groups in total. The van der Waals surface area contributed by atoms with E-state index in [-0.39, 0.29) is 11.5 Å². The van der Waals surface area contributed by atoms with Gasteiger partial charge in [-0.15, -0.1) is 0 Å². The van der Waals surface area contributed by atoms with E-state index < -0.39 is 57.5 Å². The molecular formula is C18H14O10. The van der Waals surface area contributed by atoms with Gasteiger partial charge >= 0.3 is 0 Å². The minimum absolute atomic E-state index is 0.224. The molecule has 0 bridgehead atoms. The fourth-order valence-electron chi connectivity index (χ4n) is 2.31. The van der Waals surface area contributed by atoms with Crippen LogP contribution in [0.2, 0.25) is 0 Å². The maximum Gasteiger partial charge on any atom is 0.211 e. The maximum atomic E-state index is 10.1. The molecule has 3 aromatic rings. The average Bonchev–Trinajstić information content (AvgIpc) is 2.58. The molecule has 28 heavy (non-hydrogen) atoms. The molecule has 146 valence electrons. The third-order valence-corrected chi connectivity index (χ3v) is 3.53. The van der Waals surface area contributed by atoms with E-state index >= 15 is 0 Å². The summed E-state index contributed by atoms with van der Waals surface area (Å²) in [4.78, 5) is 0. The number of ether oxygens (including phenoxy) is 2. The number of phenols is 8. The zero-order valence-electron chi connectivity index (χ0n) is 13.9. The van der Waals surface area contributed by atoms with E-state index in [4.69, 9.17) is 9.47 Å². The predicted octanol–water partition coefficient (Wildman–Crippen LogP) is 2.92. The number of rotatable bonds is 4. The van der Waals surface area contributed by atoms with E-state index in [1.54, 1.807) is 0 Å². The number of aromatic hydroxyl groups is 8. The first-order valence-electron chi connectivity index (χ1n) is 7.57. The monoisotopic (exact) mass is 390 g/mol. The highest BCUT2D eigenvalue weighted by Gasteiger charge is 2.20. The van der Waals surface area contributed by atoms with E-state index in [1.165, 1.54) is 0 Å². The molecule has 10 nitrogen and oxygen atoms in total. The molecule has 10 heteroatoms. The Kier molecular flexibility index (Phi) is 4.45. The third kappa shape index (κ3) is 3.46. The van der Waals surface area contributed by atoms with E-state index in [0.29, 0.717) is 0 Å². The molecule has 0 unspecified atom stereocenters. The SMILES string of the molecule is Oc1cc(O)c(Oc2cc(O)cc(O)c2Oc2cc(O)c(O)c(O)c2)c(O)c1. The van der Waals surface area contributed by atoms with E-state index in [0.717, 1.165) is 36.4 Å². The summed E-state index contributed by atoms with van der Waals surface area (Å²) < 4.78 is 10.7. The highest BCUT2D eigenvalue weighted by molar-refractivity contribution is 5.62. The molecular weight excluding hydrogens is 376 g/mol. The van der Waals surface area contributed by atoms with Crippen LogP contribution in [-0.4, -0.2) is 40.9 Å². The van der Waals surface area contributed by atoms with Crippen LogP contribution in [0.25, 0.3) is 0 Å². The van der Waals surface area contributed by atoms with Crippen molar-refractivity contribution in [2.75, 3.05) is 0 Å². The molecule has 0 heterocycles. The van der Waals surface area contributed by atoms with Crippen molar-refractivity contribution in [2.45, 2.75) is 0 Å². The summed E-state index contributed by atoms with van der Waals surface area (Å²) >= 11 is 0. The fourth-order valence-corrected chi connectivity index (χ4v) is 2.31. The van der Waals surface area contributed by atoms with Crippen molar-refractivity contribution in [1.29, 1.82) is 0 Å². The number of phenolic OH excluding ortho intramolecular Hbond substituents is 8. The van der Waals surface area contributed by atoms with Gasteiger partial charge in [-0.2, -0.15) is 0 Å². The maximum absolute atomic E-state index is 10.1. The van der Waals surface area contributed by atoms with E-state index in [2.05, 4.69) is 0 Å². The number of hydrogen-bond acceptors (Lipinski definition) is 10. The summed E-state index contributed by atoms with van der Waals surface area (Å²) in [5.41, 5.74) is 0. The lowest BCUT2D eigenvalue weighted by Gasteiger charge is -2.16. The molecule has 0 amide bonds. The Morgan fingerprint density at radius 2 is 0.929 bits per heavy atom. The van der Waals surface area contributed by atoms with Gasteiger partial charge in [-0.05, 0) is 0 Å². The van der Waals surface area contributed by atoms with Gasteiger partial charge in [-0.3, -0.25) is 0 Å². The Bertz CT molecular complexity index is 1010. The first-order chi connectivity index (χ1) is 13.2. The Morgan fingerprint density at radius 1 is 0.464 bits per heavy atom. The van der Waals surface area contributed by atoms with Gasteiger partial charge in [0.15, 0.2) is 34.5 Å². The second kappa shape index (κ2) is 6.76. The standard InChI is InChI=1S/C18H14O10/c19-7-1-12(23)17(13(24)2-7)28-15-4-8(20)3-14(25)18(15)27-9-5-10(21)16(26)11(22)6-9/h1-6,19-26H. The van der Waals surface area contributed by atoms with Crippen LogP contribution < -0.4 is 9.47 Å². The fraction of sp³-hybridized carbons (Fsp3) is 0. The van der Waals surface area contributed by atoms with Crippen LogP contribution in [0.4, 0.5) is 0 Å². The zero-order chi connectivity index (χ0) is 20.6. The van der Waals surface area contributed by atoms with Crippen molar-refractivity contribution in [3.05, 3.63) is 36.4 Å². The topological polar surface area (TPSA) is 180 Å². The molecule has 0 aliphatic heterocycles. The highest BCUT2D eigenvalue weighted by Crippen LogP contribution is 2.49. The van der Waals surface area contributed by atoms with Crippen LogP contribution in [-0.2, 0) is 0 Å². The van der Waals surface area contributed by atoms with Crippen LogP contribution in [0.5, 0.6) is 69.0 Å². The van der Waals surface area contributed by atoms with Crippen molar-refractivity contribution < 1.29 is 50.3 Å². The van der Waals surface area contributed by atoms with E-state index in [9.17, 15) is 40.9 Å². The Labute approximate surface area is 156 Å². The van der Waals surface area contributed by atoms with Crippen LogP contribution in [0.1, 0.15) is 0 Å². The number of benzene rings is 3. The van der Waals surface area contributed by atoms with Gasteiger partial charge in [0.05, 0.1) is 0 Å². The molecule has 0 spiro atoms. The summed E-state index contributed by atoms with van der Waals surface area (Å²) in [6.45, 7) is 0. The summed E-state index contributed by atoms with van der Waals surface area (Å²) in [7, 11) is 0. The Balaban J connectivity index is 2.06. The molecule has 0 aliphatic rings. The van der Waals surface area contributed by atoms with Gasteiger partial charge in [0, 0.05) is 36.4 Å². The average molecular weight is 390 g/mol. The van der Waals surface area contributed by atoms with Gasteiger partial charge in [0.1, 0.15) is 17.2 Å². The molecule has 0 atom stereocenters. The van der Waals surface area contributed by atoms with Crippen LogP contribution in [0.3, 0.4) is 0 Å². The van der Waals surface area contributed by atoms with Crippen molar-refractivity contribution >= 4 is 0 Å². The minimum Gasteiger partial charge on any atom is -0.508 e. The Hall–Kier alpha value is -4.34. The van der Waals surface area contributed by atoms with E-state index in [1.807, 2.05) is 0 Å². The zero-order valence-corrected chi connectivity index (χ0v) is 13.9. The van der Waals surface area contributed by atoms with Crippen LogP contribution in [0.15, 0.2) is 36.4 Å². The molecule has 0 saturated carbocycles. The minimum atomic E-state index is -0.780. The van der Waals surface area contributed by atoms with Crippen molar-refractivity contribution in [3.8, 4) is 69.0 Å². The molecule has 0 aromatic heterocycles. The lowest BCUT2D eigenvalue weighted by molar-refractivity contribution is 0.339. The van der Waals surface area contributed by atoms with Crippen molar-refractivity contribution in [2.24, 2.45) is 0 Å². The molecule has 0 radical (unpaired) electrons. The number of hydrogen-bond donors (Lipinski definition) is 8. The van der Waals surface area contributed by atoms with Crippen molar-refractivity contribution in [3.63, 3.8) is 0 Å². The van der Waals surface area contributed by atoms with Gasteiger partial charge in [-0.25, -0.2) is 0 Å². The smallest absolute Gasteiger partial charge is 0.211 e. The normalized spacial score (nSPS) is 10.6. The lowest BCUT2D eigenvalue weighted by Crippen LogP contribution is -1.92. The Morgan fingerprint density at radius 3 is 1.46 bits per heavy atom. The second-order valence-corrected chi connectivity index (χ2v) is 5.62. The second-order valence-electron chi connectivity index (χ2n) is 5.62. The molecule has 0 saturated heterocycles. The van der Waals surface area contributed by atoms with Gasteiger partial charge in [0.2, 0.25) is 17.2 Å². The van der Waals surface area contributed by atoms with Crippen LogP contribution in [0, 0.1) is 0 Å². The first-order valence-corrected chi connectivity index (χ1v) is 7.57. The first kappa shape index (κ1) is 18.5. The molecule has 0 fully saturated rings. The molecule has 3 aromatic carbocycles. The third-order valence-electron chi connectivity index (χ3n) is 3.53. The molecule has 3 rings (SSSR count). The summed E-state index contributed by atoms with van der Waals surface area (Å²) in [5, 5.41) is 77.3. The summed E-state index contributed by atoms with van der Waals surface area (Å²) in [5.74, 6) is -6.53. The van der Waals surface area contributed by atoms with Gasteiger partial charge in [-0.1, -0.05) is 0 Å². The van der Waals surface area contributed by atoms with Gasteiger partial charge in [0.25, 0.3) is 0 Å². The quantitative estimate of drug-likeness (QED) is 0.309. The summed E-state index contributed by atoms with van der Waals surface area (Å²) in [6.07, 6.45) is 0. The van der Waals surface area contributed by atoms with Crippen molar-refractivity contribution in [1.82, 2.24) is 0 Å². The van der Waals surface area contributed by atoms with Gasteiger partial charge < -0.3 is 50.3 Å². The predicted molar refractivity (Wildman–Crippen MR) is 92.8 cm³/mol. The summed E-state index contributed by atoms with van der Waals surface area (Å²) in [6, 6.07) is 5.52. The molecule has 0 aliphatic carbocycles. The lowest BCUT2D eigenvalue weighted by atomic mass is 10.2. The highest BCUT2D eigenvalue weighted by atomic mass is 16.5.